The van der Waals surface area contributed by atoms with Crippen LogP contribution in [-0.4, -0.2) is 40.5 Å². The minimum Gasteiger partial charge on any atom is -0.399 e. The number of carbonyl (C=O) groups is 2. The maximum Gasteiger partial charge on any atom is 0.400 e. The molecular weight excluding hydrogens is 413 g/mol. The van der Waals surface area contributed by atoms with E-state index in [1.54, 1.807) is 18.3 Å². The second-order valence-corrected chi connectivity index (χ2v) is 5.88. The summed E-state index contributed by atoms with van der Waals surface area (Å²) < 4.78 is 33.9. The lowest BCUT2D eigenvalue weighted by Gasteiger charge is -2.05. The van der Waals surface area contributed by atoms with E-state index in [1.165, 1.54) is 6.08 Å². The lowest BCUT2D eigenvalue weighted by atomic mass is 10.1. The van der Waals surface area contributed by atoms with Gasteiger partial charge in [0, 0.05) is 29.1 Å². The van der Waals surface area contributed by atoms with Gasteiger partial charge < -0.3 is 27.4 Å². The van der Waals surface area contributed by atoms with Gasteiger partial charge in [-0.25, -0.2) is 4.98 Å². The smallest absolute Gasteiger partial charge is 0.399 e. The van der Waals surface area contributed by atoms with Crippen LogP contribution >= 0.6 is 0 Å². The van der Waals surface area contributed by atoms with Crippen LogP contribution in [0.5, 0.6) is 0 Å². The molecule has 0 saturated carbocycles. The molecule has 3 aromatic rings. The number of nitrogens with one attached hydrogen (secondary N) is 1. The van der Waals surface area contributed by atoms with E-state index in [4.69, 9.17) is 21.7 Å². The molecule has 8 nitrogen and oxygen atoms in total. The van der Waals surface area contributed by atoms with E-state index in [0.717, 1.165) is 17.3 Å². The first-order valence-corrected chi connectivity index (χ1v) is 8.56. The molecule has 2 heterocycles. The summed E-state index contributed by atoms with van der Waals surface area (Å²) in [6, 6.07) is 11.1. The number of carbonyl (C=O) groups excluding carboxylic acids is 2. The van der Waals surface area contributed by atoms with E-state index in [9.17, 15) is 18.0 Å². The zero-order chi connectivity index (χ0) is 23.6. The number of fused-ring (bicyclic) bond motifs is 1. The monoisotopic (exact) mass is 434 g/mol. The SMILES string of the molecule is C=O.N=C(/C=C\C(N)=O)c1ccn2c(-c3cccc(N)c3)cnc2c1.NCC(F)(F)F. The van der Waals surface area contributed by atoms with Gasteiger partial charge in [-0.15, -0.1) is 0 Å². The summed E-state index contributed by atoms with van der Waals surface area (Å²) in [6.45, 7) is 0.771. The molecule has 164 valence electrons. The van der Waals surface area contributed by atoms with Gasteiger partial charge in [0.2, 0.25) is 5.91 Å². The fourth-order valence-electron chi connectivity index (χ4n) is 2.32. The quantitative estimate of drug-likeness (QED) is 0.282. The lowest BCUT2D eigenvalue weighted by molar-refractivity contribution is -0.118. The number of imidazole rings is 1. The van der Waals surface area contributed by atoms with Gasteiger partial charge in [0.1, 0.15) is 12.4 Å². The molecule has 0 aliphatic carbocycles. The molecule has 31 heavy (non-hydrogen) atoms. The van der Waals surface area contributed by atoms with E-state index >= 15 is 0 Å². The van der Waals surface area contributed by atoms with E-state index in [-0.39, 0.29) is 5.71 Å². The van der Waals surface area contributed by atoms with Gasteiger partial charge in [-0.05, 0) is 30.3 Å². The molecule has 0 aliphatic heterocycles. The molecule has 3 rings (SSSR count). The predicted octanol–water partition coefficient (Wildman–Crippen LogP) is 2.32. The number of amides is 1. The van der Waals surface area contributed by atoms with Crippen molar-refractivity contribution in [1.82, 2.24) is 9.38 Å². The van der Waals surface area contributed by atoms with E-state index in [1.807, 2.05) is 41.7 Å². The van der Waals surface area contributed by atoms with Crippen LogP contribution in [0, 0.1) is 5.41 Å². The summed E-state index contributed by atoms with van der Waals surface area (Å²) in [5.74, 6) is -0.583. The second kappa shape index (κ2) is 11.3. The van der Waals surface area contributed by atoms with Crippen molar-refractivity contribution in [2.24, 2.45) is 11.5 Å². The van der Waals surface area contributed by atoms with Crippen LogP contribution in [0.15, 0.2) is 60.9 Å². The van der Waals surface area contributed by atoms with Crippen molar-refractivity contribution < 1.29 is 22.8 Å². The van der Waals surface area contributed by atoms with Gasteiger partial charge >= 0.3 is 6.18 Å². The third kappa shape index (κ3) is 7.74. The van der Waals surface area contributed by atoms with Crippen molar-refractivity contribution in [3.63, 3.8) is 0 Å². The predicted molar refractivity (Wildman–Crippen MR) is 112 cm³/mol. The van der Waals surface area contributed by atoms with Gasteiger partial charge in [0.25, 0.3) is 0 Å². The van der Waals surface area contributed by atoms with Crippen molar-refractivity contribution in [2.75, 3.05) is 12.3 Å². The summed E-state index contributed by atoms with van der Waals surface area (Å²) in [5.41, 5.74) is 19.2. The van der Waals surface area contributed by atoms with E-state index in [2.05, 4.69) is 10.7 Å². The van der Waals surface area contributed by atoms with Gasteiger partial charge in [0.15, 0.2) is 0 Å². The Bertz CT molecular complexity index is 1080. The highest BCUT2D eigenvalue weighted by Crippen LogP contribution is 2.23. The van der Waals surface area contributed by atoms with Crippen molar-refractivity contribution in [3.05, 3.63) is 66.5 Å². The van der Waals surface area contributed by atoms with Crippen molar-refractivity contribution in [3.8, 4) is 11.3 Å². The highest BCUT2D eigenvalue weighted by atomic mass is 19.4. The number of alkyl halides is 3. The Kier molecular flexibility index (Phi) is 9.10. The zero-order valence-electron chi connectivity index (χ0n) is 16.3. The third-order valence-electron chi connectivity index (χ3n) is 3.65. The molecule has 2 aromatic heterocycles. The number of nitrogens with two attached hydrogens (primary N) is 3. The highest BCUT2D eigenvalue weighted by Gasteiger charge is 2.23. The number of aromatic nitrogens is 2. The number of pyridine rings is 1. The molecule has 0 saturated heterocycles. The van der Waals surface area contributed by atoms with Crippen LogP contribution in [-0.2, 0) is 9.59 Å². The molecule has 1 amide bonds. The fourth-order valence-corrected chi connectivity index (χ4v) is 2.32. The third-order valence-corrected chi connectivity index (χ3v) is 3.65. The van der Waals surface area contributed by atoms with Gasteiger partial charge in [-0.2, -0.15) is 13.2 Å². The molecule has 0 bridgehead atoms. The number of anilines is 1. The van der Waals surface area contributed by atoms with Crippen molar-refractivity contribution >= 4 is 29.7 Å². The minimum atomic E-state index is -4.18. The number of nitrogens with zero attached hydrogens (tertiary/aromatic N) is 2. The maximum absolute atomic E-state index is 10.7. The molecule has 0 atom stereocenters. The van der Waals surface area contributed by atoms with Crippen LogP contribution in [0.1, 0.15) is 5.56 Å². The van der Waals surface area contributed by atoms with E-state index in [0.29, 0.717) is 16.9 Å². The van der Waals surface area contributed by atoms with Crippen LogP contribution in [0.3, 0.4) is 0 Å². The summed E-state index contributed by atoms with van der Waals surface area (Å²) in [7, 11) is 0. The number of hydrogen-bond donors (Lipinski definition) is 4. The first-order chi connectivity index (χ1) is 14.6. The van der Waals surface area contributed by atoms with Crippen LogP contribution in [0.25, 0.3) is 16.9 Å². The fraction of sp³-hybridized carbons (Fsp3) is 0.100. The van der Waals surface area contributed by atoms with Crippen molar-refractivity contribution in [1.29, 1.82) is 5.41 Å². The molecule has 0 aliphatic rings. The van der Waals surface area contributed by atoms with Crippen LogP contribution < -0.4 is 17.2 Å². The average Bonchev–Trinajstić information content (AvgIpc) is 3.16. The first kappa shape index (κ1) is 25.0. The van der Waals surface area contributed by atoms with Crippen LogP contribution in [0.4, 0.5) is 18.9 Å². The number of allylic oxidation sites excluding steroid dienone is 1. The number of halogens is 3. The Morgan fingerprint density at radius 1 is 1.19 bits per heavy atom. The molecule has 0 radical (unpaired) electrons. The summed E-state index contributed by atoms with van der Waals surface area (Å²) in [5, 5.41) is 7.95. The molecule has 7 N–H and O–H groups in total. The Morgan fingerprint density at radius 2 is 1.84 bits per heavy atom. The number of benzene rings is 1. The number of hydrogen-bond acceptors (Lipinski definition) is 6. The van der Waals surface area contributed by atoms with Crippen molar-refractivity contribution in [2.45, 2.75) is 6.18 Å². The van der Waals surface area contributed by atoms with Gasteiger partial charge in [0.05, 0.1) is 24.1 Å². The highest BCUT2D eigenvalue weighted by molar-refractivity contribution is 6.09. The number of primary amides is 1. The molecule has 0 fully saturated rings. The maximum atomic E-state index is 10.7. The van der Waals surface area contributed by atoms with Gasteiger partial charge in [-0.3, -0.25) is 9.20 Å². The first-order valence-electron chi connectivity index (χ1n) is 8.56. The summed E-state index contributed by atoms with van der Waals surface area (Å²) in [6.07, 6.45) is 1.95. The molecule has 11 heteroatoms. The lowest BCUT2D eigenvalue weighted by Crippen LogP contribution is -2.21. The second-order valence-electron chi connectivity index (χ2n) is 5.88. The Labute approximate surface area is 175 Å². The molecule has 0 spiro atoms. The molecule has 1 aromatic carbocycles. The average molecular weight is 434 g/mol. The largest absolute Gasteiger partial charge is 0.400 e. The molecule has 0 unspecified atom stereocenters. The normalized spacial score (nSPS) is 10.7. The van der Waals surface area contributed by atoms with Gasteiger partial charge in [-0.1, -0.05) is 12.1 Å². The minimum absolute atomic E-state index is 0.194. The Balaban J connectivity index is 0.000000521. The van der Waals surface area contributed by atoms with E-state index < -0.39 is 18.6 Å². The summed E-state index contributed by atoms with van der Waals surface area (Å²) in [4.78, 5) is 23.1. The summed E-state index contributed by atoms with van der Waals surface area (Å²) >= 11 is 0. The van der Waals surface area contributed by atoms with Crippen LogP contribution in [0.2, 0.25) is 0 Å². The standard InChI is InChI=1S/C17H15N5O.C2H4F3N.CH2O/c18-13-3-1-2-12(8-13)15-10-21-17-9-11(6-7-22(15)17)14(19)4-5-16(20)23;3-2(4,5)1-6;1-2/h1-10,19H,18H2,(H2,20,23);1,6H2;1H2/b5-4-,19-14?;;. The zero-order valence-corrected chi connectivity index (χ0v) is 16.3. The number of rotatable bonds is 4. The molecular formula is C20H21F3N6O2. The Morgan fingerprint density at radius 3 is 2.39 bits per heavy atom. The number of nitrogen functional groups attached to an aromatic ring is 1. The Hall–Kier alpha value is -3.99. The topological polar surface area (TPSA) is 153 Å².